The van der Waals surface area contributed by atoms with Gasteiger partial charge in [0, 0.05) is 60.1 Å². The zero-order valence-corrected chi connectivity index (χ0v) is 26.6. The number of ether oxygens (including phenoxy) is 1. The molecule has 3 heterocycles. The summed E-state index contributed by atoms with van der Waals surface area (Å²) in [6.45, 7) is 18.1. The van der Waals surface area contributed by atoms with Crippen molar-refractivity contribution in [3.05, 3.63) is 64.9 Å². The zero-order valence-electron chi connectivity index (χ0n) is 25.0. The molecule has 6 nitrogen and oxygen atoms in total. The number of nitrogens with zero attached hydrogens (tertiary/aromatic N) is 4. The molecule has 4 aromatic rings. The van der Waals surface area contributed by atoms with Crippen LogP contribution in [0.3, 0.4) is 0 Å². The van der Waals surface area contributed by atoms with Gasteiger partial charge in [-0.2, -0.15) is 0 Å². The van der Waals surface area contributed by atoms with Crippen molar-refractivity contribution in [2.75, 3.05) is 31.1 Å². The van der Waals surface area contributed by atoms with Crippen molar-refractivity contribution >= 4 is 44.6 Å². The number of rotatable bonds is 7. The normalized spacial score (nSPS) is 15.6. The number of Topliss-reactive ketones (excluding diaryl/α,β-unsaturated/α-hetero) is 1. The Hall–Kier alpha value is -2.84. The lowest BCUT2D eigenvalue weighted by Gasteiger charge is -2.38. The largest absolute Gasteiger partial charge is 0.368 e. The summed E-state index contributed by atoms with van der Waals surface area (Å²) >= 11 is 7.90. The van der Waals surface area contributed by atoms with Crippen LogP contribution in [0.4, 0.5) is 5.69 Å². The van der Waals surface area contributed by atoms with Gasteiger partial charge in [-0.05, 0) is 83.9 Å². The number of benzene rings is 2. The summed E-state index contributed by atoms with van der Waals surface area (Å²) < 4.78 is 7.40. The molecule has 216 valence electrons. The highest BCUT2D eigenvalue weighted by Crippen LogP contribution is 2.44. The summed E-state index contributed by atoms with van der Waals surface area (Å²) in [6.07, 6.45) is 3.14. The van der Waals surface area contributed by atoms with E-state index in [2.05, 4.69) is 40.8 Å². The maximum atomic E-state index is 13.0. The van der Waals surface area contributed by atoms with Crippen molar-refractivity contribution in [3.8, 4) is 21.7 Å². The second-order valence-corrected chi connectivity index (χ2v) is 13.6. The van der Waals surface area contributed by atoms with Crippen LogP contribution >= 0.6 is 22.9 Å². The number of pyridine rings is 1. The van der Waals surface area contributed by atoms with Crippen LogP contribution in [-0.4, -0.2) is 58.5 Å². The average molecular weight is 591 g/mol. The molecule has 0 aliphatic carbocycles. The van der Waals surface area contributed by atoms with E-state index in [4.69, 9.17) is 21.3 Å². The molecular formula is C33H39ClN4O2S. The fourth-order valence-corrected chi connectivity index (χ4v) is 6.72. The Bertz CT molecular complexity index is 1550. The van der Waals surface area contributed by atoms with Gasteiger partial charge in [0.1, 0.15) is 11.1 Å². The standard InChI is InChI=1S/C33H39ClN4O2S/c1-20(2)37-12-14-38(15-13-37)26-17-24(18-35-19-26)32-36-27-16-21(3)28(30(22(4)39)40-33(5,6)7)29(31(27)41-32)23-8-10-25(34)11-9-23/h8-11,16-20,30H,12-15H2,1-7H3/t30-/m1/s1. The Kier molecular flexibility index (Phi) is 8.53. The van der Waals surface area contributed by atoms with E-state index in [-0.39, 0.29) is 5.78 Å². The molecule has 2 aromatic carbocycles. The van der Waals surface area contributed by atoms with Crippen LogP contribution < -0.4 is 4.90 Å². The predicted octanol–water partition coefficient (Wildman–Crippen LogP) is 7.96. The molecule has 1 saturated heterocycles. The van der Waals surface area contributed by atoms with E-state index in [0.29, 0.717) is 11.1 Å². The molecule has 1 aliphatic heterocycles. The van der Waals surface area contributed by atoms with Gasteiger partial charge in [-0.15, -0.1) is 11.3 Å². The molecule has 2 aromatic heterocycles. The van der Waals surface area contributed by atoms with Crippen molar-refractivity contribution in [1.29, 1.82) is 0 Å². The lowest BCUT2D eigenvalue weighted by molar-refractivity contribution is -0.138. The van der Waals surface area contributed by atoms with Crippen molar-refractivity contribution in [2.24, 2.45) is 0 Å². The number of aryl methyl sites for hydroxylation is 1. The van der Waals surface area contributed by atoms with Crippen molar-refractivity contribution in [2.45, 2.75) is 66.2 Å². The Labute approximate surface area is 252 Å². The zero-order chi connectivity index (χ0) is 29.5. The summed E-state index contributed by atoms with van der Waals surface area (Å²) in [5.74, 6) is -0.0307. The molecule has 8 heteroatoms. The second-order valence-electron chi connectivity index (χ2n) is 12.1. The van der Waals surface area contributed by atoms with Gasteiger partial charge in [-0.3, -0.25) is 14.7 Å². The van der Waals surface area contributed by atoms with E-state index in [9.17, 15) is 4.79 Å². The number of anilines is 1. The van der Waals surface area contributed by atoms with Gasteiger partial charge >= 0.3 is 0 Å². The Morgan fingerprint density at radius 2 is 1.71 bits per heavy atom. The van der Waals surface area contributed by atoms with Gasteiger partial charge in [0.25, 0.3) is 0 Å². The number of hydrogen-bond acceptors (Lipinski definition) is 7. The minimum absolute atomic E-state index is 0.0307. The third-order valence-corrected chi connectivity index (χ3v) is 8.93. The Morgan fingerprint density at radius 3 is 2.32 bits per heavy atom. The molecule has 0 N–H and O–H groups in total. The highest BCUT2D eigenvalue weighted by Gasteiger charge is 2.30. The maximum absolute atomic E-state index is 13.0. The summed E-state index contributed by atoms with van der Waals surface area (Å²) in [7, 11) is 0. The summed E-state index contributed by atoms with van der Waals surface area (Å²) in [5.41, 5.74) is 6.31. The minimum Gasteiger partial charge on any atom is -0.368 e. The van der Waals surface area contributed by atoms with Crippen LogP contribution in [0.1, 0.15) is 58.8 Å². The first kappa shape index (κ1) is 29.6. The molecule has 1 aliphatic rings. The van der Waals surface area contributed by atoms with Crippen LogP contribution in [-0.2, 0) is 9.53 Å². The molecule has 0 saturated carbocycles. The number of halogens is 1. The molecule has 41 heavy (non-hydrogen) atoms. The fourth-order valence-electron chi connectivity index (χ4n) is 5.49. The maximum Gasteiger partial charge on any atom is 0.163 e. The summed E-state index contributed by atoms with van der Waals surface area (Å²) in [6, 6.07) is 12.6. The highest BCUT2D eigenvalue weighted by atomic mass is 35.5. The van der Waals surface area contributed by atoms with E-state index < -0.39 is 11.7 Å². The van der Waals surface area contributed by atoms with Crippen molar-refractivity contribution in [1.82, 2.24) is 14.9 Å². The van der Waals surface area contributed by atoms with E-state index in [1.54, 1.807) is 18.3 Å². The number of carbonyl (C=O) groups excluding carboxylic acids is 1. The predicted molar refractivity (Wildman–Crippen MR) is 171 cm³/mol. The quantitative estimate of drug-likeness (QED) is 0.218. The number of ketones is 1. The monoisotopic (exact) mass is 590 g/mol. The van der Waals surface area contributed by atoms with Crippen molar-refractivity contribution < 1.29 is 9.53 Å². The van der Waals surface area contributed by atoms with E-state index in [0.717, 1.165) is 74.9 Å². The number of carbonyl (C=O) groups is 1. The smallest absolute Gasteiger partial charge is 0.163 e. The van der Waals surface area contributed by atoms with Crippen LogP contribution in [0.2, 0.25) is 5.02 Å². The highest BCUT2D eigenvalue weighted by molar-refractivity contribution is 7.22. The van der Waals surface area contributed by atoms with Crippen LogP contribution in [0.5, 0.6) is 0 Å². The van der Waals surface area contributed by atoms with Gasteiger partial charge in [0.05, 0.1) is 27.7 Å². The van der Waals surface area contributed by atoms with Crippen LogP contribution in [0.25, 0.3) is 31.9 Å². The molecule has 1 fully saturated rings. The summed E-state index contributed by atoms with van der Waals surface area (Å²) in [5, 5.41) is 1.56. The van der Waals surface area contributed by atoms with E-state index in [1.807, 2.05) is 64.4 Å². The lowest BCUT2D eigenvalue weighted by Crippen LogP contribution is -2.48. The van der Waals surface area contributed by atoms with Crippen LogP contribution in [0.15, 0.2) is 48.8 Å². The number of fused-ring (bicyclic) bond motifs is 1. The molecule has 1 atom stereocenters. The van der Waals surface area contributed by atoms with Gasteiger partial charge in [0.2, 0.25) is 0 Å². The first-order valence-electron chi connectivity index (χ1n) is 14.2. The number of aromatic nitrogens is 2. The van der Waals surface area contributed by atoms with Crippen LogP contribution in [0, 0.1) is 6.92 Å². The molecule has 0 radical (unpaired) electrons. The average Bonchev–Trinajstić information content (AvgIpc) is 3.35. The molecule has 0 unspecified atom stereocenters. The number of piperazine rings is 1. The van der Waals surface area contributed by atoms with E-state index >= 15 is 0 Å². The molecule has 0 amide bonds. The fraction of sp³-hybridized carbons (Fsp3) is 0.424. The molecule has 0 spiro atoms. The van der Waals surface area contributed by atoms with Gasteiger partial charge in [0.15, 0.2) is 5.78 Å². The Morgan fingerprint density at radius 1 is 1.02 bits per heavy atom. The minimum atomic E-state index is -0.704. The lowest BCUT2D eigenvalue weighted by atomic mass is 9.90. The first-order valence-corrected chi connectivity index (χ1v) is 15.4. The van der Waals surface area contributed by atoms with E-state index in [1.165, 1.54) is 0 Å². The molecule has 5 rings (SSSR count). The third-order valence-electron chi connectivity index (χ3n) is 7.54. The van der Waals surface area contributed by atoms with Crippen molar-refractivity contribution in [3.63, 3.8) is 0 Å². The number of thiazole rings is 1. The third kappa shape index (κ3) is 6.49. The SMILES string of the molecule is CC(=O)[C@@H](OC(C)(C)C)c1c(C)cc2nc(-c3cncc(N4CCN(C(C)C)CC4)c3)sc2c1-c1ccc(Cl)cc1. The first-order chi connectivity index (χ1) is 19.4. The topological polar surface area (TPSA) is 58.6 Å². The molecular weight excluding hydrogens is 552 g/mol. The Balaban J connectivity index is 1.62. The van der Waals surface area contributed by atoms with Gasteiger partial charge in [-0.25, -0.2) is 4.98 Å². The van der Waals surface area contributed by atoms with Gasteiger partial charge < -0.3 is 9.64 Å². The number of hydrogen-bond donors (Lipinski definition) is 0. The second kappa shape index (κ2) is 11.8. The molecule has 0 bridgehead atoms. The van der Waals surface area contributed by atoms with Gasteiger partial charge in [-0.1, -0.05) is 23.7 Å². The summed E-state index contributed by atoms with van der Waals surface area (Å²) in [4.78, 5) is 27.7.